The van der Waals surface area contributed by atoms with Crippen molar-refractivity contribution in [1.29, 1.82) is 0 Å². The first-order chi connectivity index (χ1) is 10.4. The molecule has 0 saturated carbocycles. The minimum Gasteiger partial charge on any atom is -0.489 e. The Labute approximate surface area is 129 Å². The molecule has 1 unspecified atom stereocenters. The third-order valence-corrected chi connectivity index (χ3v) is 2.70. The Morgan fingerprint density at radius 3 is 2.50 bits per heavy atom. The fourth-order valence-electron chi connectivity index (χ4n) is 1.71. The lowest BCUT2D eigenvalue weighted by atomic mass is 10.1. The average Bonchev–Trinajstić information content (AvgIpc) is 2.47. The molecule has 0 fully saturated rings. The molecule has 1 atom stereocenters. The van der Waals surface area contributed by atoms with Gasteiger partial charge in [0.05, 0.1) is 31.1 Å². The molecule has 122 valence electrons. The van der Waals surface area contributed by atoms with Crippen molar-refractivity contribution in [3.8, 4) is 5.75 Å². The van der Waals surface area contributed by atoms with Crippen LogP contribution in [0.15, 0.2) is 18.2 Å². The van der Waals surface area contributed by atoms with E-state index in [1.165, 1.54) is 20.3 Å². The van der Waals surface area contributed by atoms with E-state index in [9.17, 15) is 9.59 Å². The van der Waals surface area contributed by atoms with Crippen molar-refractivity contribution < 1.29 is 23.8 Å². The second-order valence-electron chi connectivity index (χ2n) is 4.92. The van der Waals surface area contributed by atoms with E-state index >= 15 is 0 Å². The summed E-state index contributed by atoms with van der Waals surface area (Å²) < 4.78 is 15.1. The van der Waals surface area contributed by atoms with E-state index in [-0.39, 0.29) is 12.7 Å². The van der Waals surface area contributed by atoms with Gasteiger partial charge in [0.2, 0.25) is 5.91 Å². The van der Waals surface area contributed by atoms with E-state index in [2.05, 4.69) is 10.1 Å². The van der Waals surface area contributed by atoms with Gasteiger partial charge in [0, 0.05) is 7.11 Å². The van der Waals surface area contributed by atoms with Crippen LogP contribution in [-0.2, 0) is 14.3 Å². The van der Waals surface area contributed by atoms with Crippen molar-refractivity contribution in [1.82, 2.24) is 0 Å². The van der Waals surface area contributed by atoms with Gasteiger partial charge in [0.15, 0.2) is 0 Å². The number of methoxy groups -OCH3 is 2. The molecule has 0 aliphatic heterocycles. The van der Waals surface area contributed by atoms with Crippen LogP contribution in [0.2, 0.25) is 0 Å². The van der Waals surface area contributed by atoms with E-state index in [1.807, 2.05) is 13.8 Å². The maximum absolute atomic E-state index is 12.0. The van der Waals surface area contributed by atoms with Crippen LogP contribution in [-0.4, -0.2) is 44.8 Å². The second-order valence-corrected chi connectivity index (χ2v) is 4.92. The van der Waals surface area contributed by atoms with Crippen molar-refractivity contribution in [2.75, 3.05) is 26.1 Å². The van der Waals surface area contributed by atoms with Gasteiger partial charge in [-0.1, -0.05) is 0 Å². The van der Waals surface area contributed by atoms with E-state index in [0.717, 1.165) is 0 Å². The molecule has 7 heteroatoms. The van der Waals surface area contributed by atoms with Crippen molar-refractivity contribution in [2.24, 2.45) is 5.73 Å². The van der Waals surface area contributed by atoms with Gasteiger partial charge in [-0.15, -0.1) is 0 Å². The standard InChI is InChI=1S/C15H22N2O5/c1-9(2)22-13-6-5-10(15(19)21-4)7-12(13)17-14(18)11(16)8-20-3/h5-7,9,11H,8,16H2,1-4H3,(H,17,18). The SMILES string of the molecule is COCC(N)C(=O)Nc1cc(C(=O)OC)ccc1OC(C)C. The van der Waals surface area contributed by atoms with Gasteiger partial charge in [-0.25, -0.2) is 4.79 Å². The molecular weight excluding hydrogens is 288 g/mol. The summed E-state index contributed by atoms with van der Waals surface area (Å²) in [6.07, 6.45) is -0.0905. The zero-order chi connectivity index (χ0) is 16.7. The van der Waals surface area contributed by atoms with Crippen molar-refractivity contribution in [3.63, 3.8) is 0 Å². The molecule has 0 aromatic heterocycles. The fourth-order valence-corrected chi connectivity index (χ4v) is 1.71. The highest BCUT2D eigenvalue weighted by atomic mass is 16.5. The number of benzene rings is 1. The van der Waals surface area contributed by atoms with E-state index < -0.39 is 17.9 Å². The van der Waals surface area contributed by atoms with Gasteiger partial charge < -0.3 is 25.3 Å². The van der Waals surface area contributed by atoms with Crippen LogP contribution in [0.25, 0.3) is 0 Å². The topological polar surface area (TPSA) is 99.9 Å². The number of carbonyl (C=O) groups excluding carboxylic acids is 2. The molecule has 0 bridgehead atoms. The summed E-state index contributed by atoms with van der Waals surface area (Å²) >= 11 is 0. The highest BCUT2D eigenvalue weighted by Crippen LogP contribution is 2.27. The normalized spacial score (nSPS) is 11.9. The quantitative estimate of drug-likeness (QED) is 0.733. The molecule has 1 rings (SSSR count). The Morgan fingerprint density at radius 1 is 1.27 bits per heavy atom. The lowest BCUT2D eigenvalue weighted by Crippen LogP contribution is -2.39. The Hall–Kier alpha value is -2.12. The predicted molar refractivity (Wildman–Crippen MR) is 82.0 cm³/mol. The summed E-state index contributed by atoms with van der Waals surface area (Å²) in [6, 6.07) is 3.83. The highest BCUT2D eigenvalue weighted by molar-refractivity contribution is 5.98. The van der Waals surface area contributed by atoms with Gasteiger partial charge in [-0.3, -0.25) is 4.79 Å². The van der Waals surface area contributed by atoms with Crippen LogP contribution in [0, 0.1) is 0 Å². The van der Waals surface area contributed by atoms with Crippen molar-refractivity contribution >= 4 is 17.6 Å². The molecule has 0 aliphatic rings. The average molecular weight is 310 g/mol. The number of esters is 1. The molecule has 0 spiro atoms. The monoisotopic (exact) mass is 310 g/mol. The number of nitrogens with two attached hydrogens (primary N) is 1. The third kappa shape index (κ3) is 5.01. The zero-order valence-electron chi connectivity index (χ0n) is 13.2. The third-order valence-electron chi connectivity index (χ3n) is 2.70. The Balaban J connectivity index is 3.05. The lowest BCUT2D eigenvalue weighted by molar-refractivity contribution is -0.118. The highest BCUT2D eigenvalue weighted by Gasteiger charge is 2.18. The first-order valence-electron chi connectivity index (χ1n) is 6.83. The van der Waals surface area contributed by atoms with Gasteiger partial charge in [0.1, 0.15) is 11.8 Å². The summed E-state index contributed by atoms with van der Waals surface area (Å²) in [6.45, 7) is 3.80. The summed E-state index contributed by atoms with van der Waals surface area (Å²) in [5, 5.41) is 2.64. The number of nitrogens with one attached hydrogen (secondary N) is 1. The van der Waals surface area contributed by atoms with E-state index in [1.54, 1.807) is 12.1 Å². The Bertz CT molecular complexity index is 531. The summed E-state index contributed by atoms with van der Waals surface area (Å²) in [5.74, 6) is -0.495. The molecule has 1 aromatic carbocycles. The molecule has 1 aromatic rings. The summed E-state index contributed by atoms with van der Waals surface area (Å²) in [5.41, 5.74) is 6.34. The molecule has 3 N–H and O–H groups in total. The number of amides is 1. The maximum atomic E-state index is 12.0. The van der Waals surface area contributed by atoms with Gasteiger partial charge in [-0.2, -0.15) is 0 Å². The smallest absolute Gasteiger partial charge is 0.337 e. The fraction of sp³-hybridized carbons (Fsp3) is 0.467. The van der Waals surface area contributed by atoms with Crippen LogP contribution in [0.3, 0.4) is 0 Å². The first kappa shape index (κ1) is 17.9. The van der Waals surface area contributed by atoms with E-state index in [4.69, 9.17) is 15.2 Å². The van der Waals surface area contributed by atoms with Crippen LogP contribution >= 0.6 is 0 Å². The summed E-state index contributed by atoms with van der Waals surface area (Å²) in [7, 11) is 2.74. The van der Waals surface area contributed by atoms with Crippen LogP contribution in [0.5, 0.6) is 5.75 Å². The lowest BCUT2D eigenvalue weighted by Gasteiger charge is -2.17. The van der Waals surface area contributed by atoms with Crippen LogP contribution in [0.4, 0.5) is 5.69 Å². The summed E-state index contributed by atoms with van der Waals surface area (Å²) in [4.78, 5) is 23.6. The number of rotatable bonds is 7. The number of carbonyl (C=O) groups is 2. The van der Waals surface area contributed by atoms with Gasteiger partial charge in [-0.05, 0) is 32.0 Å². The number of hydrogen-bond donors (Lipinski definition) is 2. The van der Waals surface area contributed by atoms with Crippen molar-refractivity contribution in [2.45, 2.75) is 26.0 Å². The first-order valence-corrected chi connectivity index (χ1v) is 6.83. The molecule has 22 heavy (non-hydrogen) atoms. The molecule has 0 aliphatic carbocycles. The second kappa shape index (κ2) is 8.35. The maximum Gasteiger partial charge on any atom is 0.337 e. The Kier molecular flexibility index (Phi) is 6.81. The molecule has 0 radical (unpaired) electrons. The number of ether oxygens (including phenoxy) is 3. The van der Waals surface area contributed by atoms with Gasteiger partial charge in [0.25, 0.3) is 0 Å². The van der Waals surface area contributed by atoms with Gasteiger partial charge >= 0.3 is 5.97 Å². The largest absolute Gasteiger partial charge is 0.489 e. The zero-order valence-corrected chi connectivity index (χ0v) is 13.2. The molecule has 7 nitrogen and oxygen atoms in total. The van der Waals surface area contributed by atoms with Crippen molar-refractivity contribution in [3.05, 3.63) is 23.8 Å². The number of hydrogen-bond acceptors (Lipinski definition) is 6. The van der Waals surface area contributed by atoms with E-state index in [0.29, 0.717) is 17.0 Å². The molecule has 0 saturated heterocycles. The van der Waals surface area contributed by atoms with Crippen LogP contribution < -0.4 is 15.8 Å². The minimum atomic E-state index is -0.821. The molecule has 1 amide bonds. The predicted octanol–water partition coefficient (Wildman–Crippen LogP) is 1.17. The molecular formula is C15H22N2O5. The number of anilines is 1. The Morgan fingerprint density at radius 2 is 1.95 bits per heavy atom. The van der Waals surface area contributed by atoms with Crippen LogP contribution in [0.1, 0.15) is 24.2 Å². The minimum absolute atomic E-state index is 0.0862. The molecule has 0 heterocycles.